The van der Waals surface area contributed by atoms with Gasteiger partial charge in [-0.2, -0.15) is 0 Å². The van der Waals surface area contributed by atoms with Crippen LogP contribution in [0.4, 0.5) is 4.39 Å². The summed E-state index contributed by atoms with van der Waals surface area (Å²) in [7, 11) is 0. The number of fused-ring (bicyclic) bond motifs is 1. The molecule has 0 aliphatic rings. The molecule has 2 N–H and O–H groups in total. The minimum Gasteiger partial charge on any atom is -0.350 e. The number of carbonyl (C=O) groups is 1. The van der Waals surface area contributed by atoms with Crippen molar-refractivity contribution in [3.8, 4) is 0 Å². The van der Waals surface area contributed by atoms with Crippen molar-refractivity contribution in [2.24, 2.45) is 0 Å². The van der Waals surface area contributed by atoms with Crippen LogP contribution in [0.1, 0.15) is 21.6 Å². The Labute approximate surface area is 132 Å². The Morgan fingerprint density at radius 3 is 2.82 bits per heavy atom. The van der Waals surface area contributed by atoms with Crippen LogP contribution in [-0.4, -0.2) is 10.9 Å². The molecule has 5 heteroatoms. The summed E-state index contributed by atoms with van der Waals surface area (Å²) in [6.07, 6.45) is 0. The summed E-state index contributed by atoms with van der Waals surface area (Å²) in [5.74, 6) is -0.563. The van der Waals surface area contributed by atoms with Crippen LogP contribution < -0.4 is 5.32 Å². The average Bonchev–Trinajstić information content (AvgIpc) is 2.83. The predicted octanol–water partition coefficient (Wildman–Crippen LogP) is 4.20. The van der Waals surface area contributed by atoms with Crippen molar-refractivity contribution in [1.29, 1.82) is 0 Å². The van der Waals surface area contributed by atoms with Gasteiger partial charge in [-0.05, 0) is 42.3 Å². The number of benzene rings is 2. The van der Waals surface area contributed by atoms with Gasteiger partial charge in [0, 0.05) is 22.5 Å². The van der Waals surface area contributed by atoms with Gasteiger partial charge in [0.25, 0.3) is 5.91 Å². The molecule has 0 aliphatic heterocycles. The highest BCUT2D eigenvalue weighted by atomic mass is 35.5. The second-order valence-electron chi connectivity index (χ2n) is 5.09. The van der Waals surface area contributed by atoms with Crippen molar-refractivity contribution in [1.82, 2.24) is 10.3 Å². The summed E-state index contributed by atoms with van der Waals surface area (Å²) >= 11 is 6.07. The molecule has 0 bridgehead atoms. The van der Waals surface area contributed by atoms with Gasteiger partial charge in [0.15, 0.2) is 0 Å². The first-order valence-electron chi connectivity index (χ1n) is 6.85. The summed E-state index contributed by atoms with van der Waals surface area (Å²) in [5.41, 5.74) is 2.75. The van der Waals surface area contributed by atoms with E-state index < -0.39 is 0 Å². The first kappa shape index (κ1) is 14.6. The minimum atomic E-state index is -0.322. The van der Waals surface area contributed by atoms with Gasteiger partial charge < -0.3 is 10.3 Å². The van der Waals surface area contributed by atoms with E-state index in [1.165, 1.54) is 12.1 Å². The van der Waals surface area contributed by atoms with Crippen LogP contribution >= 0.6 is 11.6 Å². The topological polar surface area (TPSA) is 44.9 Å². The molecule has 0 atom stereocenters. The van der Waals surface area contributed by atoms with Crippen LogP contribution in [-0.2, 0) is 6.54 Å². The fraction of sp³-hybridized carbons (Fsp3) is 0.118. The van der Waals surface area contributed by atoms with Crippen molar-refractivity contribution in [3.63, 3.8) is 0 Å². The third-order valence-corrected chi connectivity index (χ3v) is 4.01. The van der Waals surface area contributed by atoms with E-state index in [1.807, 2.05) is 18.2 Å². The molecule has 0 saturated carbocycles. The fourth-order valence-corrected chi connectivity index (χ4v) is 2.63. The maximum absolute atomic E-state index is 13.3. The highest BCUT2D eigenvalue weighted by molar-refractivity contribution is 6.31. The normalized spacial score (nSPS) is 10.9. The molecule has 0 spiro atoms. The van der Waals surface area contributed by atoms with Crippen LogP contribution in [0.2, 0.25) is 5.02 Å². The summed E-state index contributed by atoms with van der Waals surface area (Å²) in [6.45, 7) is 2.13. The number of hydrogen-bond donors (Lipinski definition) is 2. The van der Waals surface area contributed by atoms with Crippen molar-refractivity contribution in [2.75, 3.05) is 0 Å². The number of nitrogens with one attached hydrogen (secondary N) is 2. The number of aryl methyl sites for hydroxylation is 1. The maximum atomic E-state index is 13.3. The summed E-state index contributed by atoms with van der Waals surface area (Å²) in [6, 6.07) is 11.8. The zero-order valence-corrected chi connectivity index (χ0v) is 12.7. The van der Waals surface area contributed by atoms with Gasteiger partial charge in [0.05, 0.1) is 0 Å². The lowest BCUT2D eigenvalue weighted by molar-refractivity contribution is 0.0946. The molecular formula is C17H14ClFN2O. The number of aromatic amines is 1. The molecule has 2 aromatic carbocycles. The van der Waals surface area contributed by atoms with Gasteiger partial charge >= 0.3 is 0 Å². The average molecular weight is 317 g/mol. The molecule has 112 valence electrons. The maximum Gasteiger partial charge on any atom is 0.268 e. The molecule has 1 heterocycles. The van der Waals surface area contributed by atoms with Gasteiger partial charge in [0.1, 0.15) is 11.5 Å². The minimum absolute atomic E-state index is 0.242. The molecule has 0 unspecified atom stereocenters. The molecule has 0 saturated heterocycles. The molecule has 0 fully saturated rings. The zero-order chi connectivity index (χ0) is 15.7. The highest BCUT2D eigenvalue weighted by Crippen LogP contribution is 2.23. The van der Waals surface area contributed by atoms with Gasteiger partial charge in [-0.3, -0.25) is 4.79 Å². The summed E-state index contributed by atoms with van der Waals surface area (Å²) < 4.78 is 13.3. The monoisotopic (exact) mass is 316 g/mol. The molecule has 0 radical (unpaired) electrons. The number of aromatic nitrogens is 1. The number of H-pyrrole nitrogens is 1. The number of rotatable bonds is 3. The van der Waals surface area contributed by atoms with E-state index in [4.69, 9.17) is 11.6 Å². The molecule has 3 rings (SSSR count). The number of carbonyl (C=O) groups excluding carboxylic acids is 1. The van der Waals surface area contributed by atoms with E-state index in [0.717, 1.165) is 16.6 Å². The van der Waals surface area contributed by atoms with E-state index in [2.05, 4.69) is 10.3 Å². The molecule has 22 heavy (non-hydrogen) atoms. The third-order valence-electron chi connectivity index (χ3n) is 3.64. The third kappa shape index (κ3) is 2.70. The van der Waals surface area contributed by atoms with Crippen LogP contribution in [0.3, 0.4) is 0 Å². The van der Waals surface area contributed by atoms with Crippen molar-refractivity contribution in [2.45, 2.75) is 13.5 Å². The molecule has 3 aromatic rings. The molecule has 3 nitrogen and oxygen atoms in total. The van der Waals surface area contributed by atoms with Crippen LogP contribution in [0.25, 0.3) is 10.9 Å². The second kappa shape index (κ2) is 5.81. The van der Waals surface area contributed by atoms with Gasteiger partial charge in [-0.1, -0.05) is 29.8 Å². The molecule has 1 aromatic heterocycles. The quantitative estimate of drug-likeness (QED) is 0.747. The lowest BCUT2D eigenvalue weighted by Gasteiger charge is -2.06. The Balaban J connectivity index is 1.83. The highest BCUT2D eigenvalue weighted by Gasteiger charge is 2.15. The van der Waals surface area contributed by atoms with Crippen molar-refractivity contribution in [3.05, 3.63) is 70.1 Å². The Kier molecular flexibility index (Phi) is 3.86. The zero-order valence-electron chi connectivity index (χ0n) is 11.9. The van der Waals surface area contributed by atoms with Crippen LogP contribution in [0.15, 0.2) is 42.5 Å². The fourth-order valence-electron chi connectivity index (χ4n) is 2.43. The largest absolute Gasteiger partial charge is 0.350 e. The molecule has 0 aliphatic carbocycles. The van der Waals surface area contributed by atoms with E-state index >= 15 is 0 Å². The summed E-state index contributed by atoms with van der Waals surface area (Å²) in [4.78, 5) is 15.4. The summed E-state index contributed by atoms with van der Waals surface area (Å²) in [5, 5.41) is 4.14. The lowest BCUT2D eigenvalue weighted by atomic mass is 10.1. The van der Waals surface area contributed by atoms with E-state index in [9.17, 15) is 9.18 Å². The van der Waals surface area contributed by atoms with E-state index in [1.54, 1.807) is 19.1 Å². The first-order chi connectivity index (χ1) is 10.6. The van der Waals surface area contributed by atoms with Gasteiger partial charge in [-0.25, -0.2) is 4.39 Å². The second-order valence-corrected chi connectivity index (χ2v) is 5.50. The Bertz CT molecular complexity index is 857. The van der Waals surface area contributed by atoms with Gasteiger partial charge in [-0.15, -0.1) is 0 Å². The molecular weight excluding hydrogens is 303 g/mol. The smallest absolute Gasteiger partial charge is 0.268 e. The van der Waals surface area contributed by atoms with E-state index in [0.29, 0.717) is 22.6 Å². The number of hydrogen-bond acceptors (Lipinski definition) is 1. The number of halogens is 2. The van der Waals surface area contributed by atoms with Crippen molar-refractivity contribution < 1.29 is 9.18 Å². The Hall–Kier alpha value is -2.33. The number of amides is 1. The van der Waals surface area contributed by atoms with Gasteiger partial charge in [0.2, 0.25) is 0 Å². The SMILES string of the molecule is Cc1c(C(=O)NCc2ccccc2Cl)[nH]c2ccc(F)cc12. The lowest BCUT2D eigenvalue weighted by Crippen LogP contribution is -2.24. The van der Waals surface area contributed by atoms with E-state index in [-0.39, 0.29) is 11.7 Å². The predicted molar refractivity (Wildman–Crippen MR) is 85.6 cm³/mol. The Morgan fingerprint density at radius 2 is 2.05 bits per heavy atom. The van der Waals surface area contributed by atoms with Crippen LogP contribution in [0.5, 0.6) is 0 Å². The van der Waals surface area contributed by atoms with Crippen LogP contribution in [0, 0.1) is 12.7 Å². The van der Waals surface area contributed by atoms with Crippen molar-refractivity contribution >= 4 is 28.4 Å². The molecule has 1 amide bonds. The first-order valence-corrected chi connectivity index (χ1v) is 7.23. The Morgan fingerprint density at radius 1 is 1.27 bits per heavy atom. The standard InChI is InChI=1S/C17H14ClFN2O/c1-10-13-8-12(19)6-7-15(13)21-16(10)17(22)20-9-11-4-2-3-5-14(11)18/h2-8,21H,9H2,1H3,(H,20,22).